The minimum Gasteiger partial charge on any atom is -0.433 e. The second-order valence-corrected chi connectivity index (χ2v) is 6.38. The fourth-order valence-corrected chi connectivity index (χ4v) is 2.79. The number of hydrogen-bond acceptors (Lipinski definition) is 6. The fraction of sp³-hybridized carbons (Fsp3) is 0.529. The van der Waals surface area contributed by atoms with E-state index >= 15 is 0 Å². The lowest BCUT2D eigenvalue weighted by molar-refractivity contribution is -0.125. The number of rotatable bonds is 8. The molecule has 1 aromatic carbocycles. The van der Waals surface area contributed by atoms with E-state index in [2.05, 4.69) is 15.4 Å². The zero-order valence-electron chi connectivity index (χ0n) is 14.6. The molecule has 2 aliphatic rings. The van der Waals surface area contributed by atoms with Gasteiger partial charge in [-0.05, 0) is 25.0 Å². The summed E-state index contributed by atoms with van der Waals surface area (Å²) in [4.78, 5) is 25.7. The average molecular weight is 384 g/mol. The summed E-state index contributed by atoms with van der Waals surface area (Å²) in [6, 6.07) is 3.97. The predicted molar refractivity (Wildman–Crippen MR) is 93.9 cm³/mol. The fourth-order valence-electron chi connectivity index (χ4n) is 2.79. The Morgan fingerprint density at radius 1 is 1.41 bits per heavy atom. The largest absolute Gasteiger partial charge is 0.433 e. The van der Waals surface area contributed by atoms with Gasteiger partial charge in [-0.3, -0.25) is 9.59 Å². The van der Waals surface area contributed by atoms with Crippen LogP contribution in [0.15, 0.2) is 18.2 Å². The van der Waals surface area contributed by atoms with Gasteiger partial charge in [0.1, 0.15) is 6.61 Å². The van der Waals surface area contributed by atoms with E-state index in [1.165, 1.54) is 23.1 Å². The third-order valence-corrected chi connectivity index (χ3v) is 4.29. The molecule has 1 atom stereocenters. The van der Waals surface area contributed by atoms with E-state index in [9.17, 15) is 18.4 Å². The molecule has 0 aromatic heterocycles. The van der Waals surface area contributed by atoms with Crippen molar-refractivity contribution in [3.05, 3.63) is 18.2 Å². The lowest BCUT2D eigenvalue weighted by atomic mass is 10.2. The number of carbonyl (C=O) groups excluding carboxylic acids is 2. The lowest BCUT2D eigenvalue weighted by Crippen LogP contribution is -2.46. The van der Waals surface area contributed by atoms with E-state index in [0.29, 0.717) is 6.61 Å². The standard InChI is InChI=1S/C17H22F2N4O4/c18-17(19)27-14-7-11(22-16(25)12(8-20)21-10-1-2-10)3-4-13(14)23-5-6-26-9-15(23)24/h3-4,7,10,12,17,21H,1-2,5-6,8-9,20H2,(H,22,25)/t12-/m0/s1. The van der Waals surface area contributed by atoms with Crippen molar-refractivity contribution in [1.82, 2.24) is 5.32 Å². The quantitative estimate of drug-likeness (QED) is 0.608. The van der Waals surface area contributed by atoms with E-state index in [-0.39, 0.29) is 54.7 Å². The zero-order valence-corrected chi connectivity index (χ0v) is 14.6. The van der Waals surface area contributed by atoms with Gasteiger partial charge in [-0.25, -0.2) is 0 Å². The molecule has 3 rings (SSSR count). The highest BCUT2D eigenvalue weighted by molar-refractivity contribution is 5.98. The zero-order chi connectivity index (χ0) is 19.4. The maximum atomic E-state index is 12.8. The monoisotopic (exact) mass is 384 g/mol. The van der Waals surface area contributed by atoms with Crippen LogP contribution in [0.4, 0.5) is 20.2 Å². The number of ether oxygens (including phenoxy) is 2. The number of halogens is 2. The Labute approximate surface area is 155 Å². The summed E-state index contributed by atoms with van der Waals surface area (Å²) in [5.41, 5.74) is 6.11. The van der Waals surface area contributed by atoms with Gasteiger partial charge < -0.3 is 30.7 Å². The van der Waals surface area contributed by atoms with Gasteiger partial charge in [0.2, 0.25) is 5.91 Å². The van der Waals surface area contributed by atoms with Crippen LogP contribution in [0, 0.1) is 0 Å². The van der Waals surface area contributed by atoms with Gasteiger partial charge in [-0.1, -0.05) is 0 Å². The Kier molecular flexibility index (Phi) is 6.19. The Morgan fingerprint density at radius 2 is 2.19 bits per heavy atom. The SMILES string of the molecule is NC[C@H](NC1CC1)C(=O)Nc1ccc(N2CCOCC2=O)c(OC(F)F)c1. The van der Waals surface area contributed by atoms with Gasteiger partial charge in [-0.2, -0.15) is 8.78 Å². The van der Waals surface area contributed by atoms with Gasteiger partial charge in [0.05, 0.1) is 18.3 Å². The molecule has 0 radical (unpaired) electrons. The third-order valence-electron chi connectivity index (χ3n) is 4.29. The Bertz CT molecular complexity index is 700. The topological polar surface area (TPSA) is 106 Å². The normalized spacial score (nSPS) is 18.5. The molecule has 148 valence electrons. The van der Waals surface area contributed by atoms with Crippen molar-refractivity contribution < 1.29 is 27.8 Å². The van der Waals surface area contributed by atoms with Gasteiger partial charge in [0.25, 0.3) is 5.91 Å². The van der Waals surface area contributed by atoms with Crippen molar-refractivity contribution in [2.45, 2.75) is 31.5 Å². The summed E-state index contributed by atoms with van der Waals surface area (Å²) in [6.45, 7) is -2.56. The third kappa shape index (κ3) is 5.12. The van der Waals surface area contributed by atoms with Crippen molar-refractivity contribution in [3.8, 4) is 5.75 Å². The van der Waals surface area contributed by atoms with E-state index in [4.69, 9.17) is 10.5 Å². The number of nitrogens with zero attached hydrogens (tertiary/aromatic N) is 1. The molecule has 0 unspecified atom stereocenters. The summed E-state index contributed by atoms with van der Waals surface area (Å²) < 4.78 is 35.3. The summed E-state index contributed by atoms with van der Waals surface area (Å²) in [5, 5.41) is 5.77. The molecular formula is C17H22F2N4O4. The summed E-state index contributed by atoms with van der Waals surface area (Å²) in [6.07, 6.45) is 2.00. The van der Waals surface area contributed by atoms with Crippen LogP contribution >= 0.6 is 0 Å². The summed E-state index contributed by atoms with van der Waals surface area (Å²) in [7, 11) is 0. The molecule has 2 amide bonds. The van der Waals surface area contributed by atoms with Crippen molar-refractivity contribution in [3.63, 3.8) is 0 Å². The van der Waals surface area contributed by atoms with Crippen LogP contribution in [0.5, 0.6) is 5.75 Å². The molecule has 1 heterocycles. The number of amides is 2. The molecule has 1 aliphatic heterocycles. The van der Waals surface area contributed by atoms with Gasteiger partial charge in [0, 0.05) is 30.9 Å². The van der Waals surface area contributed by atoms with E-state index in [1.807, 2.05) is 0 Å². The number of nitrogens with one attached hydrogen (secondary N) is 2. The second kappa shape index (κ2) is 8.59. The lowest BCUT2D eigenvalue weighted by Gasteiger charge is -2.28. The number of nitrogens with two attached hydrogens (primary N) is 1. The molecule has 1 saturated heterocycles. The van der Waals surface area contributed by atoms with Crippen molar-refractivity contribution in [1.29, 1.82) is 0 Å². The highest BCUT2D eigenvalue weighted by Crippen LogP contribution is 2.33. The molecule has 27 heavy (non-hydrogen) atoms. The van der Waals surface area contributed by atoms with Crippen LogP contribution in [0.25, 0.3) is 0 Å². The first-order valence-electron chi connectivity index (χ1n) is 8.72. The molecule has 1 saturated carbocycles. The van der Waals surface area contributed by atoms with E-state index in [1.54, 1.807) is 0 Å². The first kappa shape index (κ1) is 19.5. The smallest absolute Gasteiger partial charge is 0.387 e. The summed E-state index contributed by atoms with van der Waals surface area (Å²) in [5.74, 6) is -0.908. The molecule has 4 N–H and O–H groups in total. The van der Waals surface area contributed by atoms with Crippen LogP contribution in [0.1, 0.15) is 12.8 Å². The number of morpholine rings is 1. The molecule has 0 spiro atoms. The van der Waals surface area contributed by atoms with Crippen LogP contribution < -0.4 is 26.0 Å². The molecule has 0 bridgehead atoms. The maximum Gasteiger partial charge on any atom is 0.387 e. The maximum absolute atomic E-state index is 12.8. The minimum absolute atomic E-state index is 0.114. The Morgan fingerprint density at radius 3 is 2.81 bits per heavy atom. The Balaban J connectivity index is 1.77. The highest BCUT2D eigenvalue weighted by atomic mass is 19.3. The highest BCUT2D eigenvalue weighted by Gasteiger charge is 2.28. The van der Waals surface area contributed by atoms with Crippen molar-refractivity contribution in [2.24, 2.45) is 5.73 Å². The molecule has 10 heteroatoms. The van der Waals surface area contributed by atoms with Gasteiger partial charge >= 0.3 is 6.61 Å². The average Bonchev–Trinajstić information content (AvgIpc) is 3.44. The van der Waals surface area contributed by atoms with E-state index < -0.39 is 12.7 Å². The number of alkyl halides is 2. The molecular weight excluding hydrogens is 362 g/mol. The van der Waals surface area contributed by atoms with Gasteiger partial charge in [-0.15, -0.1) is 0 Å². The number of benzene rings is 1. The van der Waals surface area contributed by atoms with Crippen LogP contribution in [0.2, 0.25) is 0 Å². The molecule has 1 aromatic rings. The first-order chi connectivity index (χ1) is 13.0. The first-order valence-corrected chi connectivity index (χ1v) is 8.72. The molecule has 2 fully saturated rings. The summed E-state index contributed by atoms with van der Waals surface area (Å²) >= 11 is 0. The Hall–Kier alpha value is -2.30. The predicted octanol–water partition coefficient (Wildman–Crippen LogP) is 0.669. The van der Waals surface area contributed by atoms with E-state index in [0.717, 1.165) is 12.8 Å². The number of anilines is 2. The number of hydrogen-bond donors (Lipinski definition) is 3. The van der Waals surface area contributed by atoms with Crippen molar-refractivity contribution in [2.75, 3.05) is 36.5 Å². The van der Waals surface area contributed by atoms with Crippen LogP contribution in [-0.2, 0) is 14.3 Å². The minimum atomic E-state index is -3.07. The van der Waals surface area contributed by atoms with Gasteiger partial charge in [0.15, 0.2) is 5.75 Å². The van der Waals surface area contributed by atoms with Crippen LogP contribution in [-0.4, -0.2) is 56.8 Å². The van der Waals surface area contributed by atoms with Crippen LogP contribution in [0.3, 0.4) is 0 Å². The second-order valence-electron chi connectivity index (χ2n) is 6.38. The molecule has 1 aliphatic carbocycles. The number of carbonyl (C=O) groups is 2. The van der Waals surface area contributed by atoms with Crippen molar-refractivity contribution >= 4 is 23.2 Å². The molecule has 8 nitrogen and oxygen atoms in total.